The second-order valence-corrected chi connectivity index (χ2v) is 7.53. The smallest absolute Gasteiger partial charge is 0.226 e. The number of amides is 2. The lowest BCUT2D eigenvalue weighted by atomic mass is 10.0. The van der Waals surface area contributed by atoms with Crippen LogP contribution in [0.2, 0.25) is 0 Å². The fourth-order valence-electron chi connectivity index (χ4n) is 4.04. The molecule has 0 radical (unpaired) electrons. The van der Waals surface area contributed by atoms with Crippen molar-refractivity contribution >= 4 is 23.2 Å². The zero-order valence-corrected chi connectivity index (χ0v) is 17.5. The van der Waals surface area contributed by atoms with Crippen LogP contribution < -0.4 is 9.80 Å². The van der Waals surface area contributed by atoms with E-state index in [0.717, 1.165) is 43.9 Å². The molecule has 5 heteroatoms. The van der Waals surface area contributed by atoms with Gasteiger partial charge < -0.3 is 14.7 Å². The highest BCUT2D eigenvalue weighted by molar-refractivity contribution is 5.93. The third kappa shape index (κ3) is 5.45. The minimum absolute atomic E-state index is 0.0647. The third-order valence-electron chi connectivity index (χ3n) is 5.62. The quantitative estimate of drug-likeness (QED) is 0.715. The lowest BCUT2D eigenvalue weighted by Crippen LogP contribution is -2.49. The highest BCUT2D eigenvalue weighted by Crippen LogP contribution is 2.24. The molecular weight excluding hydrogens is 362 g/mol. The van der Waals surface area contributed by atoms with Crippen LogP contribution in [0.3, 0.4) is 0 Å². The normalized spacial score (nSPS) is 15.1. The number of hydrogen-bond acceptors (Lipinski definition) is 3. The molecule has 1 fully saturated rings. The van der Waals surface area contributed by atoms with Gasteiger partial charge in [-0.25, -0.2) is 0 Å². The van der Waals surface area contributed by atoms with E-state index in [9.17, 15) is 9.59 Å². The van der Waals surface area contributed by atoms with Crippen molar-refractivity contribution in [3.05, 3.63) is 60.7 Å². The maximum atomic E-state index is 12.6. The molecule has 3 rings (SSSR count). The summed E-state index contributed by atoms with van der Waals surface area (Å²) in [5.41, 5.74) is 1.93. The van der Waals surface area contributed by atoms with Crippen molar-refractivity contribution in [3.63, 3.8) is 0 Å². The molecule has 29 heavy (non-hydrogen) atoms. The Morgan fingerprint density at radius 2 is 1.48 bits per heavy atom. The van der Waals surface area contributed by atoms with Crippen LogP contribution in [0.15, 0.2) is 60.7 Å². The molecule has 1 aliphatic heterocycles. The van der Waals surface area contributed by atoms with Crippen LogP contribution in [0.5, 0.6) is 0 Å². The molecule has 1 saturated heterocycles. The van der Waals surface area contributed by atoms with E-state index in [1.54, 1.807) is 6.92 Å². The molecule has 0 saturated carbocycles. The van der Waals surface area contributed by atoms with Crippen molar-refractivity contribution in [2.24, 2.45) is 0 Å². The number of likely N-dealkylation sites (tertiary alicyclic amines) is 1. The third-order valence-corrected chi connectivity index (χ3v) is 5.62. The molecule has 1 aliphatic rings. The van der Waals surface area contributed by atoms with Crippen LogP contribution in [-0.2, 0) is 9.59 Å². The lowest BCUT2D eigenvalue weighted by molar-refractivity contribution is -0.119. The Morgan fingerprint density at radius 3 is 2.00 bits per heavy atom. The van der Waals surface area contributed by atoms with Crippen LogP contribution >= 0.6 is 0 Å². The van der Waals surface area contributed by atoms with Gasteiger partial charge in [0.05, 0.1) is 0 Å². The first-order valence-corrected chi connectivity index (χ1v) is 10.5. The van der Waals surface area contributed by atoms with Gasteiger partial charge in [0.15, 0.2) is 0 Å². The Kier molecular flexibility index (Phi) is 7.42. The standard InChI is InChI=1S/C24H31N3O2/c1-3-24(29)27(22-12-8-5-9-13-22)23-14-16-25(17-15-23)18-19-26(20(2)28)21-10-6-4-7-11-21/h4-13,23H,3,14-19H2,1-2H3. The van der Waals surface area contributed by atoms with E-state index in [-0.39, 0.29) is 17.9 Å². The van der Waals surface area contributed by atoms with E-state index in [4.69, 9.17) is 0 Å². The molecule has 0 N–H and O–H groups in total. The van der Waals surface area contributed by atoms with Crippen LogP contribution in [0.4, 0.5) is 11.4 Å². The number of nitrogens with zero attached hydrogens (tertiary/aromatic N) is 3. The number of anilines is 2. The van der Waals surface area contributed by atoms with Gasteiger partial charge in [-0.15, -0.1) is 0 Å². The van der Waals surface area contributed by atoms with Gasteiger partial charge in [0.25, 0.3) is 0 Å². The van der Waals surface area contributed by atoms with Crippen LogP contribution in [0.1, 0.15) is 33.1 Å². The second kappa shape index (κ2) is 10.2. The Hall–Kier alpha value is -2.66. The molecule has 0 spiro atoms. The Morgan fingerprint density at radius 1 is 0.931 bits per heavy atom. The topological polar surface area (TPSA) is 43.9 Å². The summed E-state index contributed by atoms with van der Waals surface area (Å²) in [6, 6.07) is 20.1. The predicted octanol–water partition coefficient (Wildman–Crippen LogP) is 3.95. The first-order valence-electron chi connectivity index (χ1n) is 10.5. The zero-order valence-electron chi connectivity index (χ0n) is 17.5. The summed E-state index contributed by atoms with van der Waals surface area (Å²) in [6.45, 7) is 6.94. The SMILES string of the molecule is CCC(=O)N(c1ccccc1)C1CCN(CCN(C(C)=O)c2ccccc2)CC1. The largest absolute Gasteiger partial charge is 0.311 e. The Balaban J connectivity index is 1.58. The van der Waals surface area contributed by atoms with Gasteiger partial charge in [0.1, 0.15) is 0 Å². The summed E-state index contributed by atoms with van der Waals surface area (Å²) in [7, 11) is 0. The zero-order chi connectivity index (χ0) is 20.6. The molecule has 0 bridgehead atoms. The molecule has 1 heterocycles. The van der Waals surface area contributed by atoms with Crippen molar-refractivity contribution in [3.8, 4) is 0 Å². The number of hydrogen-bond donors (Lipinski definition) is 0. The molecule has 2 aromatic rings. The van der Waals surface area contributed by atoms with E-state index in [1.165, 1.54) is 0 Å². The van der Waals surface area contributed by atoms with Crippen molar-refractivity contribution in [2.75, 3.05) is 36.0 Å². The minimum atomic E-state index is 0.0647. The Bertz CT molecular complexity index is 786. The second-order valence-electron chi connectivity index (χ2n) is 7.53. The summed E-state index contributed by atoms with van der Waals surface area (Å²) in [5, 5.41) is 0. The van der Waals surface area contributed by atoms with E-state index < -0.39 is 0 Å². The van der Waals surface area contributed by atoms with Crippen molar-refractivity contribution in [1.29, 1.82) is 0 Å². The average molecular weight is 394 g/mol. The van der Waals surface area contributed by atoms with E-state index in [1.807, 2.05) is 77.4 Å². The minimum Gasteiger partial charge on any atom is -0.311 e. The number of rotatable bonds is 7. The number of carbonyl (C=O) groups is 2. The molecule has 5 nitrogen and oxygen atoms in total. The van der Waals surface area contributed by atoms with Gasteiger partial charge in [-0.1, -0.05) is 43.3 Å². The lowest BCUT2D eigenvalue weighted by Gasteiger charge is -2.39. The highest BCUT2D eigenvalue weighted by atomic mass is 16.2. The maximum Gasteiger partial charge on any atom is 0.226 e. The van der Waals surface area contributed by atoms with Crippen LogP contribution in [-0.4, -0.2) is 48.9 Å². The molecular formula is C24H31N3O2. The summed E-state index contributed by atoms with van der Waals surface area (Å²) in [5.74, 6) is 0.247. The summed E-state index contributed by atoms with van der Waals surface area (Å²) in [6.07, 6.45) is 2.41. The fourth-order valence-corrected chi connectivity index (χ4v) is 4.04. The monoisotopic (exact) mass is 393 g/mol. The van der Waals surface area contributed by atoms with Gasteiger partial charge in [-0.2, -0.15) is 0 Å². The molecule has 0 aromatic heterocycles. The molecule has 0 aliphatic carbocycles. The summed E-state index contributed by atoms with van der Waals surface area (Å²) < 4.78 is 0. The van der Waals surface area contributed by atoms with Crippen LogP contribution in [0, 0.1) is 0 Å². The van der Waals surface area contributed by atoms with E-state index >= 15 is 0 Å². The van der Waals surface area contributed by atoms with Crippen molar-refractivity contribution in [1.82, 2.24) is 4.90 Å². The average Bonchev–Trinajstić information content (AvgIpc) is 2.76. The van der Waals surface area contributed by atoms with E-state index in [0.29, 0.717) is 13.0 Å². The van der Waals surface area contributed by atoms with Crippen molar-refractivity contribution in [2.45, 2.75) is 39.2 Å². The fraction of sp³-hybridized carbons (Fsp3) is 0.417. The maximum absolute atomic E-state index is 12.6. The number of para-hydroxylation sites is 2. The molecule has 2 aromatic carbocycles. The van der Waals surface area contributed by atoms with E-state index in [2.05, 4.69) is 4.90 Å². The van der Waals surface area contributed by atoms with Crippen LogP contribution in [0.25, 0.3) is 0 Å². The van der Waals surface area contributed by atoms with Gasteiger partial charge >= 0.3 is 0 Å². The first-order chi connectivity index (χ1) is 14.1. The van der Waals surface area contributed by atoms with Gasteiger partial charge in [-0.05, 0) is 37.1 Å². The highest BCUT2D eigenvalue weighted by Gasteiger charge is 2.28. The molecule has 0 atom stereocenters. The molecule has 2 amide bonds. The van der Waals surface area contributed by atoms with Gasteiger partial charge in [-0.3, -0.25) is 9.59 Å². The number of piperidine rings is 1. The van der Waals surface area contributed by atoms with Gasteiger partial charge in [0, 0.05) is 56.9 Å². The predicted molar refractivity (Wildman–Crippen MR) is 118 cm³/mol. The Labute approximate surface area is 173 Å². The first kappa shape index (κ1) is 21.1. The van der Waals surface area contributed by atoms with Gasteiger partial charge in [0.2, 0.25) is 11.8 Å². The number of benzene rings is 2. The molecule has 154 valence electrons. The number of carbonyl (C=O) groups excluding carboxylic acids is 2. The summed E-state index contributed by atoms with van der Waals surface area (Å²) >= 11 is 0. The van der Waals surface area contributed by atoms with Crippen molar-refractivity contribution < 1.29 is 9.59 Å². The molecule has 0 unspecified atom stereocenters. The summed E-state index contributed by atoms with van der Waals surface area (Å²) in [4.78, 5) is 30.9.